The molecular weight excluding hydrogens is 291 g/mol. The van der Waals surface area contributed by atoms with Crippen molar-refractivity contribution >= 4 is 34.2 Å². The molecule has 20 heavy (non-hydrogen) atoms. The van der Waals surface area contributed by atoms with Crippen LogP contribution in [0.2, 0.25) is 5.02 Å². The fourth-order valence-electron chi connectivity index (χ4n) is 3.39. The van der Waals surface area contributed by atoms with E-state index in [9.17, 15) is 0 Å². The third-order valence-corrected chi connectivity index (χ3v) is 4.74. The number of halogens is 2. The molecule has 3 atom stereocenters. The molecule has 1 aromatic heterocycles. The lowest BCUT2D eigenvalue weighted by atomic mass is 9.87. The van der Waals surface area contributed by atoms with Crippen molar-refractivity contribution in [2.24, 2.45) is 5.92 Å². The van der Waals surface area contributed by atoms with Gasteiger partial charge < -0.3 is 4.57 Å². The molecule has 4 heteroatoms. The molecule has 2 aromatic rings. The maximum absolute atomic E-state index is 6.36. The lowest BCUT2D eigenvalue weighted by Gasteiger charge is -2.30. The van der Waals surface area contributed by atoms with Crippen LogP contribution in [0.3, 0.4) is 0 Å². The van der Waals surface area contributed by atoms with Crippen LogP contribution in [0.15, 0.2) is 18.2 Å². The monoisotopic (exact) mass is 310 g/mol. The summed E-state index contributed by atoms with van der Waals surface area (Å²) in [5, 5.41) is 0.676. The largest absolute Gasteiger partial charge is 0.324 e. The van der Waals surface area contributed by atoms with Gasteiger partial charge in [-0.15, -0.1) is 11.6 Å². The van der Waals surface area contributed by atoms with Crippen LogP contribution in [-0.4, -0.2) is 9.55 Å². The second-order valence-electron chi connectivity index (χ2n) is 6.01. The molecule has 1 fully saturated rings. The Morgan fingerprint density at radius 2 is 2.15 bits per heavy atom. The van der Waals surface area contributed by atoms with E-state index in [1.165, 1.54) is 25.7 Å². The number of benzene rings is 1. The maximum atomic E-state index is 6.36. The lowest BCUT2D eigenvalue weighted by Crippen LogP contribution is -2.19. The number of hydrogen-bond donors (Lipinski definition) is 0. The normalized spacial score (nSPS) is 25.0. The van der Waals surface area contributed by atoms with Gasteiger partial charge in [-0.1, -0.05) is 31.4 Å². The molecule has 0 bridgehead atoms. The highest BCUT2D eigenvalue weighted by Gasteiger charge is 2.26. The van der Waals surface area contributed by atoms with Gasteiger partial charge in [0.2, 0.25) is 0 Å². The summed E-state index contributed by atoms with van der Waals surface area (Å²) in [5.41, 5.74) is 2.12. The number of hydrogen-bond acceptors (Lipinski definition) is 1. The summed E-state index contributed by atoms with van der Waals surface area (Å²) in [6.07, 6.45) is 5.02. The highest BCUT2D eigenvalue weighted by Crippen LogP contribution is 2.38. The molecular formula is C16H20Cl2N2. The van der Waals surface area contributed by atoms with Gasteiger partial charge in [0.15, 0.2) is 0 Å². The molecule has 108 valence electrons. The highest BCUT2D eigenvalue weighted by molar-refractivity contribution is 6.31. The van der Waals surface area contributed by atoms with E-state index in [-0.39, 0.29) is 5.38 Å². The van der Waals surface area contributed by atoms with Gasteiger partial charge in [0.25, 0.3) is 0 Å². The number of alkyl halides is 1. The Morgan fingerprint density at radius 3 is 2.85 bits per heavy atom. The Labute approximate surface area is 130 Å². The van der Waals surface area contributed by atoms with Crippen LogP contribution >= 0.6 is 23.2 Å². The summed E-state index contributed by atoms with van der Waals surface area (Å²) in [6, 6.07) is 6.40. The van der Waals surface area contributed by atoms with Crippen molar-refractivity contribution in [3.8, 4) is 0 Å². The van der Waals surface area contributed by atoms with E-state index in [0.717, 1.165) is 27.8 Å². The molecule has 0 aliphatic heterocycles. The van der Waals surface area contributed by atoms with E-state index in [2.05, 4.69) is 11.5 Å². The van der Waals surface area contributed by atoms with E-state index < -0.39 is 0 Å². The maximum Gasteiger partial charge on any atom is 0.127 e. The van der Waals surface area contributed by atoms with Crippen molar-refractivity contribution in [2.45, 2.75) is 50.9 Å². The minimum Gasteiger partial charge on any atom is -0.324 e. The Hall–Kier alpha value is -0.730. The number of rotatable bonds is 2. The predicted molar refractivity (Wildman–Crippen MR) is 85.7 cm³/mol. The second kappa shape index (κ2) is 5.57. The van der Waals surface area contributed by atoms with Crippen LogP contribution in [0.4, 0.5) is 0 Å². The van der Waals surface area contributed by atoms with Gasteiger partial charge in [0, 0.05) is 11.1 Å². The summed E-state index contributed by atoms with van der Waals surface area (Å²) < 4.78 is 2.34. The van der Waals surface area contributed by atoms with E-state index in [1.54, 1.807) is 0 Å². The smallest absolute Gasteiger partial charge is 0.127 e. The van der Waals surface area contributed by atoms with Gasteiger partial charge in [0.1, 0.15) is 5.82 Å². The Bertz CT molecular complexity index is 618. The first kappa shape index (κ1) is 14.2. The van der Waals surface area contributed by atoms with Crippen LogP contribution in [-0.2, 0) is 0 Å². The molecule has 1 aliphatic rings. The van der Waals surface area contributed by atoms with Gasteiger partial charge in [-0.05, 0) is 43.9 Å². The van der Waals surface area contributed by atoms with Gasteiger partial charge in [-0.25, -0.2) is 4.98 Å². The zero-order valence-electron chi connectivity index (χ0n) is 11.9. The molecule has 3 rings (SSSR count). The van der Waals surface area contributed by atoms with Gasteiger partial charge >= 0.3 is 0 Å². The Morgan fingerprint density at radius 1 is 1.35 bits per heavy atom. The molecule has 1 aromatic carbocycles. The first-order valence-corrected chi connectivity index (χ1v) is 8.19. The first-order valence-electron chi connectivity index (χ1n) is 7.37. The van der Waals surface area contributed by atoms with Crippen molar-refractivity contribution in [3.63, 3.8) is 0 Å². The van der Waals surface area contributed by atoms with Crippen LogP contribution < -0.4 is 0 Å². The summed E-state index contributed by atoms with van der Waals surface area (Å²) >= 11 is 12.5. The van der Waals surface area contributed by atoms with Crippen LogP contribution in [0, 0.1) is 5.92 Å². The molecule has 1 aliphatic carbocycles. The zero-order valence-corrected chi connectivity index (χ0v) is 13.5. The van der Waals surface area contributed by atoms with E-state index >= 15 is 0 Å². The Balaban J connectivity index is 2.14. The van der Waals surface area contributed by atoms with Crippen LogP contribution in [0.25, 0.3) is 11.0 Å². The van der Waals surface area contributed by atoms with Crippen molar-refractivity contribution in [1.29, 1.82) is 0 Å². The van der Waals surface area contributed by atoms with Crippen molar-refractivity contribution in [1.82, 2.24) is 9.55 Å². The molecule has 0 N–H and O–H groups in total. The minimum absolute atomic E-state index is 0.0848. The molecule has 1 heterocycles. The van der Waals surface area contributed by atoms with Crippen molar-refractivity contribution in [2.75, 3.05) is 0 Å². The molecule has 0 amide bonds. The predicted octanol–water partition coefficient (Wildman–Crippen LogP) is 5.74. The molecule has 0 radical (unpaired) electrons. The van der Waals surface area contributed by atoms with Gasteiger partial charge in [-0.3, -0.25) is 0 Å². The third-order valence-electron chi connectivity index (χ3n) is 4.31. The number of nitrogens with zero attached hydrogens (tertiary/aromatic N) is 2. The number of imidazole rings is 1. The summed E-state index contributed by atoms with van der Waals surface area (Å²) in [7, 11) is 0. The third kappa shape index (κ3) is 2.56. The van der Waals surface area contributed by atoms with E-state index in [0.29, 0.717) is 6.04 Å². The molecule has 3 unspecified atom stereocenters. The minimum atomic E-state index is -0.0848. The number of fused-ring (bicyclic) bond motifs is 1. The van der Waals surface area contributed by atoms with Crippen molar-refractivity contribution in [3.05, 3.63) is 29.0 Å². The van der Waals surface area contributed by atoms with E-state index in [1.807, 2.05) is 25.1 Å². The van der Waals surface area contributed by atoms with Crippen LogP contribution in [0.5, 0.6) is 0 Å². The fraction of sp³-hybridized carbons (Fsp3) is 0.562. The fourth-order valence-corrected chi connectivity index (χ4v) is 3.71. The highest BCUT2D eigenvalue weighted by atomic mass is 35.5. The quantitative estimate of drug-likeness (QED) is 0.647. The molecule has 2 nitrogen and oxygen atoms in total. The standard InChI is InChI=1S/C16H20Cl2N2/c1-10-4-3-5-13(8-10)20-15-9-12(18)6-7-14(15)19-16(20)11(2)17/h6-7,9-11,13H,3-5,8H2,1-2H3. The Kier molecular flexibility index (Phi) is 3.96. The van der Waals surface area contributed by atoms with Crippen LogP contribution in [0.1, 0.15) is 56.8 Å². The number of aromatic nitrogens is 2. The average Bonchev–Trinajstić information content (AvgIpc) is 2.77. The summed E-state index contributed by atoms with van der Waals surface area (Å²) in [6.45, 7) is 4.33. The average molecular weight is 311 g/mol. The second-order valence-corrected chi connectivity index (χ2v) is 7.11. The summed E-state index contributed by atoms with van der Waals surface area (Å²) in [4.78, 5) is 4.73. The molecule has 1 saturated carbocycles. The zero-order chi connectivity index (χ0) is 14.3. The lowest BCUT2D eigenvalue weighted by molar-refractivity contribution is 0.282. The SMILES string of the molecule is CC1CCCC(n2c(C(C)Cl)nc3ccc(Cl)cc32)C1. The van der Waals surface area contributed by atoms with E-state index in [4.69, 9.17) is 28.2 Å². The summed E-state index contributed by atoms with van der Waals surface area (Å²) in [5.74, 6) is 1.74. The first-order chi connectivity index (χ1) is 9.56. The van der Waals surface area contributed by atoms with Gasteiger partial charge in [-0.2, -0.15) is 0 Å². The molecule has 0 saturated heterocycles. The topological polar surface area (TPSA) is 17.8 Å². The molecule has 0 spiro atoms. The van der Waals surface area contributed by atoms with Gasteiger partial charge in [0.05, 0.1) is 16.4 Å². The van der Waals surface area contributed by atoms with Crippen molar-refractivity contribution < 1.29 is 0 Å².